The van der Waals surface area contributed by atoms with E-state index in [1.165, 1.54) is 27.7 Å². The van der Waals surface area contributed by atoms with Crippen molar-refractivity contribution < 1.29 is 52.6 Å². The first-order valence-corrected chi connectivity index (χ1v) is 10.2. The van der Waals surface area contributed by atoms with Crippen molar-refractivity contribution in [1.82, 2.24) is 10.6 Å². The molecule has 0 aliphatic rings. The summed E-state index contributed by atoms with van der Waals surface area (Å²) in [6, 6.07) is 0. The molecule has 0 aliphatic carbocycles. The molecule has 0 aromatic heterocycles. The van der Waals surface area contributed by atoms with Crippen LogP contribution in [0.25, 0.3) is 0 Å². The van der Waals surface area contributed by atoms with E-state index < -0.39 is 54.6 Å². The number of rotatable bonds is 8. The Morgan fingerprint density at radius 2 is 1.04 bits per heavy atom. The predicted octanol–water partition coefficient (Wildman–Crippen LogP) is -0.778. The molecule has 0 unspecified atom stereocenters. The number of hydrogen-bond donors (Lipinski definition) is 2. The van der Waals surface area contributed by atoms with Crippen molar-refractivity contribution in [2.45, 2.75) is 38.8 Å². The summed E-state index contributed by atoms with van der Waals surface area (Å²) in [7, 11) is -8.67. The van der Waals surface area contributed by atoms with Gasteiger partial charge in [0.2, 0.25) is 11.8 Å². The second-order valence-electron chi connectivity index (χ2n) is 6.56. The van der Waals surface area contributed by atoms with Gasteiger partial charge in [-0.2, -0.15) is 0 Å². The molecular weight excluding hydrogens is 452 g/mol. The summed E-state index contributed by atoms with van der Waals surface area (Å²) in [5.74, 6) is -2.29. The smallest absolute Gasteiger partial charge is 0.748 e. The SMILES string of the molecule is C=CC(=O)NC(C)(C)CS(=O)(=O)[O-].C=CC(=O)NC(C)(C)CS(=O)(=O)[O-].[Cu+2]. The molecule has 0 fully saturated rings. The van der Waals surface area contributed by atoms with Crippen LogP contribution in [0.3, 0.4) is 0 Å². The molecule has 0 heterocycles. The van der Waals surface area contributed by atoms with Gasteiger partial charge < -0.3 is 19.7 Å². The van der Waals surface area contributed by atoms with E-state index >= 15 is 0 Å². The minimum absolute atomic E-state index is 0. The summed E-state index contributed by atoms with van der Waals surface area (Å²) in [5.41, 5.74) is -2.13. The van der Waals surface area contributed by atoms with Gasteiger partial charge in [0.05, 0.1) is 31.7 Å². The third kappa shape index (κ3) is 20.9. The summed E-state index contributed by atoms with van der Waals surface area (Å²) < 4.78 is 62.3. The fourth-order valence-corrected chi connectivity index (χ4v) is 3.64. The Labute approximate surface area is 170 Å². The van der Waals surface area contributed by atoms with Crippen LogP contribution >= 0.6 is 0 Å². The van der Waals surface area contributed by atoms with Gasteiger partial charge >= 0.3 is 17.1 Å². The van der Waals surface area contributed by atoms with E-state index in [2.05, 4.69) is 23.8 Å². The van der Waals surface area contributed by atoms with Crippen molar-refractivity contribution in [3.8, 4) is 0 Å². The first-order chi connectivity index (χ1) is 11.3. The van der Waals surface area contributed by atoms with Gasteiger partial charge in [0.25, 0.3) is 0 Å². The summed E-state index contributed by atoms with van der Waals surface area (Å²) in [6.45, 7) is 12.2. The van der Waals surface area contributed by atoms with E-state index in [1.807, 2.05) is 0 Å². The molecule has 2 amide bonds. The second kappa shape index (κ2) is 11.6. The van der Waals surface area contributed by atoms with E-state index in [0.29, 0.717) is 0 Å². The third-order valence-electron chi connectivity index (χ3n) is 2.37. The summed E-state index contributed by atoms with van der Waals surface area (Å²) in [6.07, 6.45) is 2.03. The van der Waals surface area contributed by atoms with Gasteiger partial charge in [0.15, 0.2) is 0 Å². The van der Waals surface area contributed by atoms with E-state index in [-0.39, 0.29) is 17.1 Å². The fraction of sp³-hybridized carbons (Fsp3) is 0.571. The zero-order valence-electron chi connectivity index (χ0n) is 15.4. The molecule has 0 aromatic rings. The van der Waals surface area contributed by atoms with Crippen LogP contribution in [0.4, 0.5) is 0 Å². The van der Waals surface area contributed by atoms with Crippen LogP contribution < -0.4 is 10.6 Å². The Bertz CT molecular complexity index is 679. The molecule has 0 saturated heterocycles. The molecule has 27 heavy (non-hydrogen) atoms. The largest absolute Gasteiger partial charge is 2.00 e. The van der Waals surface area contributed by atoms with Crippen LogP contribution in [-0.4, -0.2) is 60.3 Å². The minimum atomic E-state index is -4.33. The molecule has 13 heteroatoms. The summed E-state index contributed by atoms with van der Waals surface area (Å²) >= 11 is 0. The van der Waals surface area contributed by atoms with Crippen molar-refractivity contribution in [3.63, 3.8) is 0 Å². The zero-order valence-corrected chi connectivity index (χ0v) is 17.9. The minimum Gasteiger partial charge on any atom is -0.748 e. The molecule has 0 rings (SSSR count). The first kappa shape index (κ1) is 30.5. The Morgan fingerprint density at radius 1 is 0.815 bits per heavy atom. The van der Waals surface area contributed by atoms with Crippen molar-refractivity contribution in [1.29, 1.82) is 0 Å². The molecular formula is C14H24CuN2O8S2. The fourth-order valence-electron chi connectivity index (χ4n) is 1.73. The monoisotopic (exact) mass is 475 g/mol. The van der Waals surface area contributed by atoms with Gasteiger partial charge in [0.1, 0.15) is 0 Å². The number of amides is 2. The Kier molecular flexibility index (Phi) is 13.1. The normalized spacial score (nSPS) is 11.8. The second-order valence-corrected chi connectivity index (χ2v) is 9.37. The molecule has 1 radical (unpaired) electrons. The van der Waals surface area contributed by atoms with Crippen LogP contribution in [0.1, 0.15) is 27.7 Å². The van der Waals surface area contributed by atoms with Gasteiger partial charge in [-0.25, -0.2) is 16.8 Å². The quantitative estimate of drug-likeness (QED) is 0.261. The molecule has 161 valence electrons. The molecule has 10 nitrogen and oxygen atoms in total. The predicted molar refractivity (Wildman–Crippen MR) is 94.0 cm³/mol. The summed E-state index contributed by atoms with van der Waals surface area (Å²) in [4.78, 5) is 21.6. The van der Waals surface area contributed by atoms with Crippen LogP contribution in [0, 0.1) is 0 Å². The van der Waals surface area contributed by atoms with E-state index in [4.69, 9.17) is 0 Å². The average molecular weight is 476 g/mol. The van der Waals surface area contributed by atoms with E-state index in [0.717, 1.165) is 12.2 Å². The Balaban J connectivity index is -0.000000411. The van der Waals surface area contributed by atoms with Crippen molar-refractivity contribution in [2.24, 2.45) is 0 Å². The average Bonchev–Trinajstić information content (AvgIpc) is 2.31. The molecule has 0 aliphatic heterocycles. The van der Waals surface area contributed by atoms with Gasteiger partial charge in [0, 0.05) is 11.1 Å². The number of carbonyl (C=O) groups excluding carboxylic acids is 2. The molecule has 0 aromatic carbocycles. The van der Waals surface area contributed by atoms with Crippen LogP contribution in [0.15, 0.2) is 25.3 Å². The van der Waals surface area contributed by atoms with E-state index in [1.54, 1.807) is 0 Å². The van der Waals surface area contributed by atoms with Gasteiger partial charge in [-0.3, -0.25) is 9.59 Å². The van der Waals surface area contributed by atoms with Crippen molar-refractivity contribution in [2.75, 3.05) is 11.5 Å². The first-order valence-electron chi connectivity index (χ1n) is 7.09. The maximum Gasteiger partial charge on any atom is 2.00 e. The van der Waals surface area contributed by atoms with Crippen LogP contribution in [0.2, 0.25) is 0 Å². The van der Waals surface area contributed by atoms with Gasteiger partial charge in [-0.05, 0) is 39.8 Å². The Hall–Kier alpha value is -1.24. The molecule has 0 bridgehead atoms. The molecule has 0 spiro atoms. The van der Waals surface area contributed by atoms with Crippen molar-refractivity contribution >= 4 is 32.1 Å². The summed E-state index contributed by atoms with van der Waals surface area (Å²) in [5, 5.41) is 4.65. The Morgan fingerprint density at radius 3 is 1.19 bits per heavy atom. The number of nitrogens with one attached hydrogen (secondary N) is 2. The molecule has 2 N–H and O–H groups in total. The van der Waals surface area contributed by atoms with Crippen LogP contribution in [-0.2, 0) is 46.9 Å². The zero-order chi connectivity index (χ0) is 21.4. The molecule has 0 atom stereocenters. The topological polar surface area (TPSA) is 173 Å². The number of carbonyl (C=O) groups is 2. The third-order valence-corrected chi connectivity index (χ3v) is 4.52. The van der Waals surface area contributed by atoms with E-state index in [9.17, 15) is 35.5 Å². The maximum atomic E-state index is 10.8. The van der Waals surface area contributed by atoms with Crippen LogP contribution in [0.5, 0.6) is 0 Å². The maximum absolute atomic E-state index is 10.8. The molecule has 0 saturated carbocycles. The number of hydrogen-bond acceptors (Lipinski definition) is 8. The van der Waals surface area contributed by atoms with Gasteiger partial charge in [-0.1, -0.05) is 13.2 Å². The van der Waals surface area contributed by atoms with Crippen molar-refractivity contribution in [3.05, 3.63) is 25.3 Å². The standard InChI is InChI=1S/2C7H13NO4S.Cu/c2*1-4-6(9)8-7(2,3)5-13(10,11)12;/h2*4H,1,5H2,2-3H3,(H,8,9)(H,10,11,12);/q;;+2/p-2. The van der Waals surface area contributed by atoms with Gasteiger partial charge in [-0.15, -0.1) is 0 Å².